The average molecular weight is 265 g/mol. The number of hydrogen-bond donors (Lipinski definition) is 2. The van der Waals surface area contributed by atoms with Crippen LogP contribution in [0.1, 0.15) is 35.4 Å². The summed E-state index contributed by atoms with van der Waals surface area (Å²) in [7, 11) is 0. The predicted molar refractivity (Wildman–Crippen MR) is 71.7 cm³/mol. The van der Waals surface area contributed by atoms with Gasteiger partial charge in [0.25, 0.3) is 0 Å². The molecule has 0 spiro atoms. The lowest BCUT2D eigenvalue weighted by atomic mass is 9.95. The molecule has 3 rings (SSSR count). The van der Waals surface area contributed by atoms with Gasteiger partial charge in [-0.3, -0.25) is 4.79 Å². The van der Waals surface area contributed by atoms with E-state index < -0.39 is 5.97 Å². The topological polar surface area (TPSA) is 49.3 Å². The van der Waals surface area contributed by atoms with Gasteiger partial charge in [0.15, 0.2) is 0 Å². The number of carboxylic acids is 1. The molecule has 4 heteroatoms. The van der Waals surface area contributed by atoms with E-state index in [4.69, 9.17) is 5.11 Å². The van der Waals surface area contributed by atoms with Crippen LogP contribution in [0.5, 0.6) is 0 Å². The van der Waals surface area contributed by atoms with E-state index in [0.717, 1.165) is 23.3 Å². The van der Waals surface area contributed by atoms with Gasteiger partial charge in [0.1, 0.15) is 0 Å². The highest BCUT2D eigenvalue weighted by molar-refractivity contribution is 7.12. The molecule has 1 aromatic heterocycles. The summed E-state index contributed by atoms with van der Waals surface area (Å²) >= 11 is 1.62. The Bertz CT molecular complexity index is 443. The fourth-order valence-electron chi connectivity index (χ4n) is 3.49. The molecule has 2 aliphatic carbocycles. The number of rotatable bonds is 5. The first-order chi connectivity index (χ1) is 8.70. The zero-order valence-electron chi connectivity index (χ0n) is 10.4. The lowest BCUT2D eigenvalue weighted by molar-refractivity contribution is -0.136. The van der Waals surface area contributed by atoms with Gasteiger partial charge in [0.05, 0.1) is 6.42 Å². The number of carbonyl (C=O) groups is 1. The molecular weight excluding hydrogens is 246 g/mol. The van der Waals surface area contributed by atoms with Gasteiger partial charge in [0.2, 0.25) is 0 Å². The fourth-order valence-corrected chi connectivity index (χ4v) is 4.45. The standard InChI is InChI=1S/C14H19NO2S/c16-14(17)7-11-3-4-12(18-11)8-15-13-6-9-1-2-10(13)5-9/h3-4,9-10,13,15H,1-2,5-8H2,(H,16,17). The molecule has 2 bridgehead atoms. The summed E-state index contributed by atoms with van der Waals surface area (Å²) in [5.41, 5.74) is 0. The van der Waals surface area contributed by atoms with Crippen molar-refractivity contribution >= 4 is 17.3 Å². The molecule has 3 atom stereocenters. The highest BCUT2D eigenvalue weighted by Crippen LogP contribution is 2.44. The van der Waals surface area contributed by atoms with Crippen LogP contribution in [0.4, 0.5) is 0 Å². The van der Waals surface area contributed by atoms with Crippen molar-refractivity contribution in [2.45, 2.75) is 44.7 Å². The zero-order chi connectivity index (χ0) is 12.5. The fraction of sp³-hybridized carbons (Fsp3) is 0.643. The van der Waals surface area contributed by atoms with E-state index in [9.17, 15) is 4.79 Å². The molecule has 0 saturated heterocycles. The van der Waals surface area contributed by atoms with E-state index in [-0.39, 0.29) is 6.42 Å². The molecule has 2 fully saturated rings. The van der Waals surface area contributed by atoms with Crippen molar-refractivity contribution < 1.29 is 9.90 Å². The second kappa shape index (κ2) is 5.02. The van der Waals surface area contributed by atoms with Gasteiger partial charge in [-0.25, -0.2) is 0 Å². The molecule has 0 radical (unpaired) electrons. The SMILES string of the molecule is O=C(O)Cc1ccc(CNC2CC3CCC2C3)s1. The smallest absolute Gasteiger partial charge is 0.308 e. The molecule has 2 saturated carbocycles. The van der Waals surface area contributed by atoms with E-state index in [1.54, 1.807) is 11.3 Å². The van der Waals surface area contributed by atoms with Crippen LogP contribution in [0.25, 0.3) is 0 Å². The maximum Gasteiger partial charge on any atom is 0.308 e. The van der Waals surface area contributed by atoms with Crippen LogP contribution in [0.3, 0.4) is 0 Å². The Kier molecular flexibility index (Phi) is 3.39. The third-order valence-electron chi connectivity index (χ3n) is 4.32. The first kappa shape index (κ1) is 12.2. The van der Waals surface area contributed by atoms with Gasteiger partial charge in [-0.1, -0.05) is 6.42 Å². The van der Waals surface area contributed by atoms with Gasteiger partial charge in [-0.15, -0.1) is 11.3 Å². The molecule has 0 amide bonds. The Morgan fingerprint density at radius 2 is 2.17 bits per heavy atom. The Morgan fingerprint density at radius 1 is 1.33 bits per heavy atom. The minimum Gasteiger partial charge on any atom is -0.481 e. The maximum absolute atomic E-state index is 10.6. The number of fused-ring (bicyclic) bond motifs is 2. The minimum atomic E-state index is -0.746. The van der Waals surface area contributed by atoms with Gasteiger partial charge < -0.3 is 10.4 Å². The van der Waals surface area contributed by atoms with Gasteiger partial charge in [-0.05, 0) is 43.2 Å². The van der Waals surface area contributed by atoms with Crippen molar-refractivity contribution in [2.75, 3.05) is 0 Å². The Hall–Kier alpha value is -0.870. The highest BCUT2D eigenvalue weighted by atomic mass is 32.1. The van der Waals surface area contributed by atoms with Crippen LogP contribution in [0.15, 0.2) is 12.1 Å². The molecule has 3 nitrogen and oxygen atoms in total. The molecule has 98 valence electrons. The lowest BCUT2D eigenvalue weighted by Crippen LogP contribution is -2.33. The van der Waals surface area contributed by atoms with Gasteiger partial charge >= 0.3 is 5.97 Å². The van der Waals surface area contributed by atoms with E-state index >= 15 is 0 Å². The van der Waals surface area contributed by atoms with Crippen LogP contribution in [0, 0.1) is 11.8 Å². The maximum atomic E-state index is 10.6. The molecule has 1 aromatic rings. The molecular formula is C14H19NO2S. The molecule has 0 aromatic carbocycles. The van der Waals surface area contributed by atoms with Crippen LogP contribution < -0.4 is 5.32 Å². The minimum absolute atomic E-state index is 0.152. The number of aliphatic carboxylic acids is 1. The van der Waals surface area contributed by atoms with Crippen LogP contribution >= 0.6 is 11.3 Å². The van der Waals surface area contributed by atoms with E-state index in [2.05, 4.69) is 11.4 Å². The normalized spacial score (nSPS) is 29.9. The summed E-state index contributed by atoms with van der Waals surface area (Å²) < 4.78 is 0. The van der Waals surface area contributed by atoms with Crippen LogP contribution in [-0.2, 0) is 17.8 Å². The largest absolute Gasteiger partial charge is 0.481 e. The molecule has 3 unspecified atom stereocenters. The number of hydrogen-bond acceptors (Lipinski definition) is 3. The average Bonchev–Trinajstić information content (AvgIpc) is 3.00. The monoisotopic (exact) mass is 265 g/mol. The van der Waals surface area contributed by atoms with Crippen molar-refractivity contribution in [3.63, 3.8) is 0 Å². The van der Waals surface area contributed by atoms with Crippen molar-refractivity contribution in [1.82, 2.24) is 5.32 Å². The highest BCUT2D eigenvalue weighted by Gasteiger charge is 2.38. The molecule has 18 heavy (non-hydrogen) atoms. The molecule has 2 N–H and O–H groups in total. The van der Waals surface area contributed by atoms with Crippen LogP contribution in [0.2, 0.25) is 0 Å². The second-order valence-electron chi connectivity index (χ2n) is 5.60. The van der Waals surface area contributed by atoms with Gasteiger partial charge in [-0.2, -0.15) is 0 Å². The summed E-state index contributed by atoms with van der Waals surface area (Å²) in [5, 5.41) is 12.4. The van der Waals surface area contributed by atoms with Crippen molar-refractivity contribution in [3.8, 4) is 0 Å². The van der Waals surface area contributed by atoms with Crippen molar-refractivity contribution in [1.29, 1.82) is 0 Å². The summed E-state index contributed by atoms with van der Waals surface area (Å²) in [5.74, 6) is 1.12. The Labute approximate surface area is 111 Å². The quantitative estimate of drug-likeness (QED) is 0.860. The lowest BCUT2D eigenvalue weighted by Gasteiger charge is -2.22. The first-order valence-corrected chi connectivity index (χ1v) is 7.55. The second-order valence-corrected chi connectivity index (χ2v) is 6.85. The Morgan fingerprint density at radius 3 is 2.83 bits per heavy atom. The van der Waals surface area contributed by atoms with E-state index in [0.29, 0.717) is 6.04 Å². The predicted octanol–water partition coefficient (Wildman–Crippen LogP) is 2.65. The third-order valence-corrected chi connectivity index (χ3v) is 5.40. The zero-order valence-corrected chi connectivity index (χ0v) is 11.2. The summed E-state index contributed by atoms with van der Waals surface area (Å²) in [4.78, 5) is 12.8. The van der Waals surface area contributed by atoms with E-state index in [1.807, 2.05) is 6.07 Å². The molecule has 0 aliphatic heterocycles. The number of thiophene rings is 1. The van der Waals surface area contributed by atoms with Gasteiger partial charge in [0, 0.05) is 22.3 Å². The number of nitrogens with one attached hydrogen (secondary N) is 1. The summed E-state index contributed by atoms with van der Waals surface area (Å²) in [6.45, 7) is 0.901. The van der Waals surface area contributed by atoms with Crippen molar-refractivity contribution in [2.24, 2.45) is 11.8 Å². The summed E-state index contributed by atoms with van der Waals surface area (Å²) in [6.07, 6.45) is 5.75. The molecule has 2 aliphatic rings. The van der Waals surface area contributed by atoms with Crippen molar-refractivity contribution in [3.05, 3.63) is 21.9 Å². The third kappa shape index (κ3) is 2.59. The molecule has 1 heterocycles. The van der Waals surface area contributed by atoms with Crippen LogP contribution in [-0.4, -0.2) is 17.1 Å². The first-order valence-electron chi connectivity index (χ1n) is 6.73. The Balaban J connectivity index is 1.51. The number of carboxylic acid groups (broad SMARTS) is 1. The summed E-state index contributed by atoms with van der Waals surface area (Å²) in [6, 6.07) is 4.70. The van der Waals surface area contributed by atoms with E-state index in [1.165, 1.54) is 30.6 Å².